The second kappa shape index (κ2) is 6.06. The van der Waals surface area contributed by atoms with E-state index in [0.717, 1.165) is 6.07 Å². The first kappa shape index (κ1) is 14.0. The minimum absolute atomic E-state index is 0.0747. The molecule has 0 saturated heterocycles. The van der Waals surface area contributed by atoms with Crippen LogP contribution in [-0.4, -0.2) is 40.4 Å². The first-order valence-corrected chi connectivity index (χ1v) is 5.60. The lowest BCUT2D eigenvalue weighted by molar-refractivity contribution is 0.0691. The summed E-state index contributed by atoms with van der Waals surface area (Å²) in [5.74, 6) is -2.76. The van der Waals surface area contributed by atoms with Crippen LogP contribution in [0.15, 0.2) is 18.2 Å². The Morgan fingerprint density at radius 2 is 1.78 bits per heavy atom. The van der Waals surface area contributed by atoms with E-state index in [-0.39, 0.29) is 16.7 Å². The molecule has 1 amide bonds. The molecule has 0 aromatic heterocycles. The second-order valence-corrected chi connectivity index (χ2v) is 3.80. The van der Waals surface area contributed by atoms with Crippen LogP contribution in [0.4, 0.5) is 0 Å². The molecule has 1 rings (SSSR count). The van der Waals surface area contributed by atoms with E-state index in [0.29, 0.717) is 12.3 Å². The number of thiol groups is 1. The Hall–Kier alpha value is -2.02. The van der Waals surface area contributed by atoms with Gasteiger partial charge in [-0.05, 0) is 18.2 Å². The summed E-state index contributed by atoms with van der Waals surface area (Å²) in [5, 5.41) is 20.2. The third-order valence-electron chi connectivity index (χ3n) is 2.14. The largest absolute Gasteiger partial charge is 0.478 e. The molecule has 0 spiro atoms. The smallest absolute Gasteiger partial charge is 0.336 e. The minimum Gasteiger partial charge on any atom is -0.478 e. The predicted octanol–water partition coefficient (Wildman–Crippen LogP) is 0.743. The molecule has 0 unspecified atom stereocenters. The maximum Gasteiger partial charge on any atom is 0.336 e. The summed E-state index contributed by atoms with van der Waals surface area (Å²) < 4.78 is 0. The maximum absolute atomic E-state index is 11.7. The molecule has 18 heavy (non-hydrogen) atoms. The lowest BCUT2D eigenvalue weighted by atomic mass is 10.0. The highest BCUT2D eigenvalue weighted by molar-refractivity contribution is 7.80. The quantitative estimate of drug-likeness (QED) is 0.590. The molecule has 0 aliphatic rings. The van der Waals surface area contributed by atoms with Crippen molar-refractivity contribution < 1.29 is 24.6 Å². The van der Waals surface area contributed by atoms with E-state index >= 15 is 0 Å². The van der Waals surface area contributed by atoms with Gasteiger partial charge in [-0.1, -0.05) is 0 Å². The zero-order valence-corrected chi connectivity index (χ0v) is 10.1. The number of nitrogens with one attached hydrogen (secondary N) is 1. The average molecular weight is 269 g/mol. The van der Waals surface area contributed by atoms with E-state index in [1.807, 2.05) is 0 Å². The van der Waals surface area contributed by atoms with Crippen molar-refractivity contribution in [1.29, 1.82) is 0 Å². The molecule has 1 aromatic carbocycles. The molecule has 7 heteroatoms. The number of carbonyl (C=O) groups excluding carboxylic acids is 1. The number of carbonyl (C=O) groups is 3. The van der Waals surface area contributed by atoms with Gasteiger partial charge in [-0.15, -0.1) is 0 Å². The number of aromatic carboxylic acids is 2. The SMILES string of the molecule is O=C(O)c1ccc(C(=O)NCCS)c(C(=O)O)c1. The molecule has 0 heterocycles. The highest BCUT2D eigenvalue weighted by Gasteiger charge is 2.18. The van der Waals surface area contributed by atoms with Gasteiger partial charge < -0.3 is 15.5 Å². The molecule has 3 N–H and O–H groups in total. The summed E-state index contributed by atoms with van der Waals surface area (Å²) in [6, 6.07) is 3.32. The van der Waals surface area contributed by atoms with Crippen LogP contribution in [-0.2, 0) is 0 Å². The summed E-state index contributed by atoms with van der Waals surface area (Å²) in [4.78, 5) is 33.4. The number of hydrogen-bond donors (Lipinski definition) is 4. The van der Waals surface area contributed by atoms with Gasteiger partial charge in [-0.3, -0.25) is 4.79 Å². The third kappa shape index (κ3) is 3.24. The summed E-state index contributed by atoms with van der Waals surface area (Å²) in [6.07, 6.45) is 0. The third-order valence-corrected chi connectivity index (χ3v) is 2.36. The molecule has 0 bridgehead atoms. The van der Waals surface area contributed by atoms with Gasteiger partial charge in [0, 0.05) is 12.3 Å². The van der Waals surface area contributed by atoms with E-state index in [1.54, 1.807) is 0 Å². The van der Waals surface area contributed by atoms with E-state index in [4.69, 9.17) is 10.2 Å². The van der Waals surface area contributed by atoms with Crippen LogP contribution >= 0.6 is 12.6 Å². The molecular weight excluding hydrogens is 258 g/mol. The lowest BCUT2D eigenvalue weighted by Gasteiger charge is -2.07. The Morgan fingerprint density at radius 3 is 2.28 bits per heavy atom. The van der Waals surface area contributed by atoms with Crippen LogP contribution in [0.25, 0.3) is 0 Å². The fourth-order valence-corrected chi connectivity index (χ4v) is 1.43. The minimum atomic E-state index is -1.35. The molecular formula is C11H11NO5S. The molecule has 0 aliphatic carbocycles. The number of hydrogen-bond acceptors (Lipinski definition) is 4. The van der Waals surface area contributed by atoms with Crippen LogP contribution in [0, 0.1) is 0 Å². The van der Waals surface area contributed by atoms with Crippen molar-refractivity contribution in [2.24, 2.45) is 0 Å². The Balaban J connectivity index is 3.15. The molecule has 6 nitrogen and oxygen atoms in total. The van der Waals surface area contributed by atoms with Crippen molar-refractivity contribution in [2.75, 3.05) is 12.3 Å². The fourth-order valence-electron chi connectivity index (χ4n) is 1.32. The number of carboxylic acids is 2. The topological polar surface area (TPSA) is 104 Å². The first-order valence-electron chi connectivity index (χ1n) is 4.97. The molecule has 0 atom stereocenters. The number of rotatable bonds is 5. The van der Waals surface area contributed by atoms with Crippen molar-refractivity contribution in [1.82, 2.24) is 5.32 Å². The molecule has 0 aliphatic heterocycles. The molecule has 0 fully saturated rings. The Kier molecular flexibility index (Phi) is 4.73. The lowest BCUT2D eigenvalue weighted by Crippen LogP contribution is -2.27. The van der Waals surface area contributed by atoms with Crippen molar-refractivity contribution in [3.63, 3.8) is 0 Å². The second-order valence-electron chi connectivity index (χ2n) is 3.35. The van der Waals surface area contributed by atoms with Gasteiger partial charge >= 0.3 is 11.9 Å². The monoisotopic (exact) mass is 269 g/mol. The van der Waals surface area contributed by atoms with Gasteiger partial charge in [-0.25, -0.2) is 9.59 Å². The van der Waals surface area contributed by atoms with Crippen LogP contribution in [0.5, 0.6) is 0 Å². The Morgan fingerprint density at radius 1 is 1.11 bits per heavy atom. The van der Waals surface area contributed by atoms with Crippen molar-refractivity contribution in [3.8, 4) is 0 Å². The van der Waals surface area contributed by atoms with Gasteiger partial charge in [0.05, 0.1) is 16.7 Å². The summed E-state index contributed by atoms with van der Waals surface area (Å²) in [5.41, 5.74) is -0.598. The summed E-state index contributed by atoms with van der Waals surface area (Å²) >= 11 is 3.91. The van der Waals surface area contributed by atoms with E-state index in [9.17, 15) is 14.4 Å². The van der Waals surface area contributed by atoms with Crippen molar-refractivity contribution in [3.05, 3.63) is 34.9 Å². The molecule has 96 valence electrons. The Bertz CT molecular complexity index is 500. The van der Waals surface area contributed by atoms with Crippen LogP contribution in [0.3, 0.4) is 0 Å². The number of benzene rings is 1. The summed E-state index contributed by atoms with van der Waals surface area (Å²) in [6.45, 7) is 0.293. The van der Waals surface area contributed by atoms with Crippen LogP contribution in [0.1, 0.15) is 31.1 Å². The Labute approximate surface area is 108 Å². The molecule has 1 aromatic rings. The first-order chi connectivity index (χ1) is 8.47. The van der Waals surface area contributed by atoms with Gasteiger partial charge in [0.15, 0.2) is 0 Å². The van der Waals surface area contributed by atoms with Gasteiger partial charge in [0.1, 0.15) is 0 Å². The maximum atomic E-state index is 11.7. The molecule has 0 saturated carbocycles. The average Bonchev–Trinajstić information content (AvgIpc) is 2.34. The zero-order valence-electron chi connectivity index (χ0n) is 9.21. The fraction of sp³-hybridized carbons (Fsp3) is 0.182. The van der Waals surface area contributed by atoms with E-state index < -0.39 is 17.8 Å². The van der Waals surface area contributed by atoms with Crippen LogP contribution in [0.2, 0.25) is 0 Å². The zero-order chi connectivity index (χ0) is 13.7. The number of amides is 1. The van der Waals surface area contributed by atoms with E-state index in [2.05, 4.69) is 17.9 Å². The van der Waals surface area contributed by atoms with Crippen molar-refractivity contribution >= 4 is 30.5 Å². The van der Waals surface area contributed by atoms with Gasteiger partial charge in [-0.2, -0.15) is 12.6 Å². The summed E-state index contributed by atoms with van der Waals surface area (Å²) in [7, 11) is 0. The standard InChI is InChI=1S/C11H11NO5S/c13-9(12-3-4-18)7-2-1-6(10(14)15)5-8(7)11(16)17/h1-2,5,18H,3-4H2,(H,12,13)(H,14,15)(H,16,17). The molecule has 0 radical (unpaired) electrons. The van der Waals surface area contributed by atoms with Crippen molar-refractivity contribution in [2.45, 2.75) is 0 Å². The van der Waals surface area contributed by atoms with Gasteiger partial charge in [0.25, 0.3) is 5.91 Å². The van der Waals surface area contributed by atoms with Gasteiger partial charge in [0.2, 0.25) is 0 Å². The highest BCUT2D eigenvalue weighted by atomic mass is 32.1. The predicted molar refractivity (Wildman–Crippen MR) is 66.5 cm³/mol. The normalized spacial score (nSPS) is 9.83. The van der Waals surface area contributed by atoms with Crippen LogP contribution < -0.4 is 5.32 Å². The number of carboxylic acid groups (broad SMARTS) is 2. The highest BCUT2D eigenvalue weighted by Crippen LogP contribution is 2.12. The van der Waals surface area contributed by atoms with E-state index in [1.165, 1.54) is 12.1 Å².